The van der Waals surface area contributed by atoms with E-state index in [2.05, 4.69) is 26.5 Å². The van der Waals surface area contributed by atoms with E-state index in [9.17, 15) is 9.65 Å². The summed E-state index contributed by atoms with van der Waals surface area (Å²) >= 11 is 0. The molecule has 2 nitrogen and oxygen atoms in total. The molecule has 0 bridgehead atoms. The van der Waals surface area contributed by atoms with Crippen molar-refractivity contribution in [3.63, 3.8) is 0 Å². The maximum absolute atomic E-state index is 14.3. The van der Waals surface area contributed by atoms with Gasteiger partial charge in [0.15, 0.2) is 0 Å². The summed E-state index contributed by atoms with van der Waals surface area (Å²) in [5.41, 5.74) is 1.45. The van der Waals surface area contributed by atoms with Gasteiger partial charge in [0.1, 0.15) is 5.82 Å². The summed E-state index contributed by atoms with van der Waals surface area (Å²) in [6, 6.07) is 5.25. The molecule has 0 fully saturated rings. The third-order valence-corrected chi connectivity index (χ3v) is 6.84. The van der Waals surface area contributed by atoms with E-state index in [-0.39, 0.29) is 18.5 Å². The lowest BCUT2D eigenvalue weighted by Crippen LogP contribution is -2.09. The molecule has 1 aromatic carbocycles. The molecule has 0 saturated heterocycles. The van der Waals surface area contributed by atoms with Crippen LogP contribution in [0.2, 0.25) is 0 Å². The highest BCUT2D eigenvalue weighted by Gasteiger charge is 2.11. The average molecular weight is 485 g/mol. The van der Waals surface area contributed by atoms with E-state index in [1.807, 2.05) is 0 Å². The Morgan fingerprint density at radius 1 is 0.857 bits per heavy atom. The van der Waals surface area contributed by atoms with Crippen molar-refractivity contribution in [1.29, 1.82) is 5.26 Å². The second-order valence-electron chi connectivity index (χ2n) is 10.1. The molecular weight excluding hydrogens is 433 g/mol. The highest BCUT2D eigenvalue weighted by molar-refractivity contribution is 5.42. The SMILES string of the molecule is [CH2][C@H](CCCCCCCCCCCCCCCCCCC)OCc1cc(F)c(CC=C)c(C#N)c1. The summed E-state index contributed by atoms with van der Waals surface area (Å²) in [6.45, 7) is 10.3. The van der Waals surface area contributed by atoms with Crippen LogP contribution in [0.3, 0.4) is 0 Å². The number of benzene rings is 1. The van der Waals surface area contributed by atoms with Crippen LogP contribution in [-0.2, 0) is 17.8 Å². The van der Waals surface area contributed by atoms with E-state index < -0.39 is 0 Å². The highest BCUT2D eigenvalue weighted by atomic mass is 19.1. The molecule has 0 heterocycles. The maximum atomic E-state index is 14.3. The number of halogens is 1. The predicted molar refractivity (Wildman–Crippen MR) is 148 cm³/mol. The number of nitriles is 1. The average Bonchev–Trinajstić information content (AvgIpc) is 2.86. The first kappa shape index (κ1) is 31.4. The van der Waals surface area contributed by atoms with E-state index >= 15 is 0 Å². The van der Waals surface area contributed by atoms with E-state index in [1.165, 1.54) is 109 Å². The molecule has 0 aromatic heterocycles. The molecule has 0 aliphatic heterocycles. The largest absolute Gasteiger partial charge is 0.374 e. The fraction of sp³-hybridized carbons (Fsp3) is 0.688. The van der Waals surface area contributed by atoms with Gasteiger partial charge in [0.25, 0.3) is 0 Å². The van der Waals surface area contributed by atoms with Crippen molar-refractivity contribution in [1.82, 2.24) is 0 Å². The number of hydrogen-bond donors (Lipinski definition) is 0. The van der Waals surface area contributed by atoms with Crippen molar-refractivity contribution in [2.75, 3.05) is 0 Å². The molecule has 1 radical (unpaired) electrons. The molecular formula is C32H51FNO. The van der Waals surface area contributed by atoms with Gasteiger partial charge in [-0.2, -0.15) is 5.26 Å². The Kier molecular flexibility index (Phi) is 19.4. The minimum absolute atomic E-state index is 0.104. The van der Waals surface area contributed by atoms with Crippen LogP contribution < -0.4 is 0 Å². The zero-order chi connectivity index (χ0) is 25.6. The Morgan fingerprint density at radius 3 is 1.80 bits per heavy atom. The summed E-state index contributed by atoms with van der Waals surface area (Å²) in [6.07, 6.45) is 26.0. The normalized spacial score (nSPS) is 11.9. The van der Waals surface area contributed by atoms with Gasteiger partial charge >= 0.3 is 0 Å². The topological polar surface area (TPSA) is 33.0 Å². The van der Waals surface area contributed by atoms with Crippen LogP contribution in [0.15, 0.2) is 24.8 Å². The van der Waals surface area contributed by atoms with Gasteiger partial charge in [0, 0.05) is 5.56 Å². The first-order valence-corrected chi connectivity index (χ1v) is 14.4. The van der Waals surface area contributed by atoms with Crippen LogP contribution in [-0.4, -0.2) is 6.10 Å². The van der Waals surface area contributed by atoms with Gasteiger partial charge < -0.3 is 4.74 Å². The molecule has 35 heavy (non-hydrogen) atoms. The Morgan fingerprint density at radius 2 is 1.34 bits per heavy atom. The highest BCUT2D eigenvalue weighted by Crippen LogP contribution is 2.19. The number of allylic oxidation sites excluding steroid dienone is 1. The summed E-state index contributed by atoms with van der Waals surface area (Å²) in [4.78, 5) is 0. The third kappa shape index (κ3) is 15.8. The van der Waals surface area contributed by atoms with E-state index in [0.29, 0.717) is 23.1 Å². The minimum atomic E-state index is -0.365. The lowest BCUT2D eigenvalue weighted by molar-refractivity contribution is 0.0627. The van der Waals surface area contributed by atoms with Gasteiger partial charge in [-0.3, -0.25) is 0 Å². The van der Waals surface area contributed by atoms with Crippen molar-refractivity contribution in [2.45, 2.75) is 142 Å². The monoisotopic (exact) mass is 484 g/mol. The molecule has 1 atom stereocenters. The Bertz CT molecular complexity index is 708. The van der Waals surface area contributed by atoms with Gasteiger partial charge in [-0.05, 0) is 37.5 Å². The molecule has 1 rings (SSSR count). The lowest BCUT2D eigenvalue weighted by Gasteiger charge is -2.14. The second kappa shape index (κ2) is 21.6. The second-order valence-corrected chi connectivity index (χ2v) is 10.1. The molecule has 3 heteroatoms. The van der Waals surface area contributed by atoms with E-state index in [1.54, 1.807) is 12.1 Å². The fourth-order valence-electron chi connectivity index (χ4n) is 4.62. The fourth-order valence-corrected chi connectivity index (χ4v) is 4.62. The van der Waals surface area contributed by atoms with Gasteiger partial charge in [-0.1, -0.05) is 122 Å². The van der Waals surface area contributed by atoms with Crippen molar-refractivity contribution < 1.29 is 9.13 Å². The van der Waals surface area contributed by atoms with E-state index in [4.69, 9.17) is 4.74 Å². The number of rotatable bonds is 23. The van der Waals surface area contributed by atoms with Crippen LogP contribution in [0, 0.1) is 24.1 Å². The van der Waals surface area contributed by atoms with Gasteiger partial charge in [0.05, 0.1) is 24.3 Å². The van der Waals surface area contributed by atoms with Crippen LogP contribution in [0.5, 0.6) is 0 Å². The number of hydrogen-bond acceptors (Lipinski definition) is 2. The minimum Gasteiger partial charge on any atom is -0.374 e. The molecule has 0 spiro atoms. The Hall–Kier alpha value is -1.66. The number of nitrogens with zero attached hydrogens (tertiary/aromatic N) is 1. The first-order valence-electron chi connectivity index (χ1n) is 14.4. The molecule has 0 unspecified atom stereocenters. The zero-order valence-electron chi connectivity index (χ0n) is 22.6. The molecule has 0 N–H and O–H groups in total. The maximum Gasteiger partial charge on any atom is 0.128 e. The molecule has 1 aromatic rings. The van der Waals surface area contributed by atoms with Crippen molar-refractivity contribution in [2.24, 2.45) is 0 Å². The predicted octanol–water partition coefficient (Wildman–Crippen LogP) is 10.2. The quantitative estimate of drug-likeness (QED) is 0.114. The third-order valence-electron chi connectivity index (χ3n) is 6.84. The lowest BCUT2D eigenvalue weighted by atomic mass is 10.0. The van der Waals surface area contributed by atoms with Crippen LogP contribution in [0.25, 0.3) is 0 Å². The van der Waals surface area contributed by atoms with E-state index in [0.717, 1.165) is 12.8 Å². The Labute approximate surface area is 216 Å². The summed E-state index contributed by atoms with van der Waals surface area (Å²) < 4.78 is 20.1. The first-order chi connectivity index (χ1) is 17.1. The molecule has 0 aliphatic rings. The van der Waals surface area contributed by atoms with Gasteiger partial charge in [0.2, 0.25) is 0 Å². The van der Waals surface area contributed by atoms with Crippen LogP contribution in [0.4, 0.5) is 4.39 Å². The van der Waals surface area contributed by atoms with Crippen LogP contribution >= 0.6 is 0 Å². The van der Waals surface area contributed by atoms with Crippen molar-refractivity contribution >= 4 is 0 Å². The summed E-state index contributed by atoms with van der Waals surface area (Å²) in [5, 5.41) is 9.28. The standard InChI is InChI=1S/C32H51FNO/c1-4-6-7-8-9-10-11-12-13-14-15-16-17-18-19-20-21-23-28(3)35-27-29-24-30(26-34)31(22-5-2)32(33)25-29/h5,24-25,28H,2-4,6-23,27H2,1H3/t28-/m1/s1. The smallest absolute Gasteiger partial charge is 0.128 e. The Balaban J connectivity index is 1.96. The van der Waals surface area contributed by atoms with Gasteiger partial charge in [-0.25, -0.2) is 4.39 Å². The van der Waals surface area contributed by atoms with Crippen LogP contribution in [0.1, 0.15) is 139 Å². The zero-order valence-corrected chi connectivity index (χ0v) is 22.6. The van der Waals surface area contributed by atoms with Crippen molar-refractivity contribution in [3.05, 3.63) is 54.2 Å². The molecule has 197 valence electrons. The van der Waals surface area contributed by atoms with Crippen molar-refractivity contribution in [3.8, 4) is 6.07 Å². The molecule has 0 aliphatic carbocycles. The summed E-state index contributed by atoms with van der Waals surface area (Å²) in [7, 11) is 0. The summed E-state index contributed by atoms with van der Waals surface area (Å²) in [5.74, 6) is -0.365. The van der Waals surface area contributed by atoms with Gasteiger partial charge in [-0.15, -0.1) is 6.58 Å². The number of ether oxygens (including phenoxy) is 1. The molecule has 0 saturated carbocycles. The molecule has 0 amide bonds. The number of unbranched alkanes of at least 4 members (excludes halogenated alkanes) is 16.